The fraction of sp³-hybridized carbons (Fsp3) is 0.950. The van der Waals surface area contributed by atoms with Gasteiger partial charge in [-0.1, -0.05) is 90.4 Å². The maximum atomic E-state index is 11.1. The van der Waals surface area contributed by atoms with E-state index in [-0.39, 0.29) is 6.61 Å². The molecule has 25 heavy (non-hydrogen) atoms. The summed E-state index contributed by atoms with van der Waals surface area (Å²) in [5.74, 6) is -0.566. The van der Waals surface area contributed by atoms with Gasteiger partial charge in [-0.25, -0.2) is 0 Å². The Kier molecular flexibility index (Phi) is 17.7. The first-order valence-corrected chi connectivity index (χ1v) is 10.3. The second kappa shape index (κ2) is 18.2. The van der Waals surface area contributed by atoms with Gasteiger partial charge in [-0.15, -0.1) is 0 Å². The summed E-state index contributed by atoms with van der Waals surface area (Å²) >= 11 is 0. The topological polar surface area (TPSA) is 89.8 Å². The second-order valence-corrected chi connectivity index (χ2v) is 7.11. The summed E-state index contributed by atoms with van der Waals surface area (Å²) in [7, 11) is 0. The summed E-state index contributed by atoms with van der Waals surface area (Å²) in [5.41, 5.74) is 0. The van der Waals surface area contributed by atoms with Gasteiger partial charge in [-0.3, -0.25) is 4.79 Å². The van der Waals surface area contributed by atoms with Crippen molar-refractivity contribution in [3.05, 3.63) is 0 Å². The largest absolute Gasteiger partial charge is 0.394 e. The number of amides is 1. The fourth-order valence-electron chi connectivity index (χ4n) is 3.09. The van der Waals surface area contributed by atoms with Gasteiger partial charge in [0.25, 0.3) is 0 Å². The molecule has 0 aromatic rings. The predicted molar refractivity (Wildman–Crippen MR) is 102 cm³/mol. The van der Waals surface area contributed by atoms with Crippen LogP contribution in [0.15, 0.2) is 0 Å². The van der Waals surface area contributed by atoms with Crippen molar-refractivity contribution >= 4 is 5.91 Å². The molecule has 150 valence electrons. The SMILES string of the molecule is CCCCCCCCCCCCCCC[C@@H](O)[C@H](CO)NC(=O)CO. The highest BCUT2D eigenvalue weighted by molar-refractivity contribution is 5.77. The Morgan fingerprint density at radius 1 is 0.800 bits per heavy atom. The molecule has 5 heteroatoms. The number of hydrogen-bond acceptors (Lipinski definition) is 4. The molecule has 2 atom stereocenters. The van der Waals surface area contributed by atoms with Crippen LogP contribution in [0.4, 0.5) is 0 Å². The molecule has 1 amide bonds. The van der Waals surface area contributed by atoms with E-state index in [0.29, 0.717) is 6.42 Å². The summed E-state index contributed by atoms with van der Waals surface area (Å²) in [4.78, 5) is 11.1. The van der Waals surface area contributed by atoms with Crippen molar-refractivity contribution in [2.24, 2.45) is 0 Å². The quantitative estimate of drug-likeness (QED) is 0.283. The van der Waals surface area contributed by atoms with Crippen LogP contribution in [0.2, 0.25) is 0 Å². The molecule has 0 radical (unpaired) electrons. The van der Waals surface area contributed by atoms with Crippen LogP contribution in [0, 0.1) is 0 Å². The Bertz CT molecular complexity index is 299. The van der Waals surface area contributed by atoms with Crippen LogP contribution >= 0.6 is 0 Å². The number of nitrogens with one attached hydrogen (secondary N) is 1. The van der Waals surface area contributed by atoms with E-state index in [1.165, 1.54) is 70.6 Å². The molecular formula is C20H41NO4. The molecule has 0 bridgehead atoms. The molecule has 4 N–H and O–H groups in total. The highest BCUT2D eigenvalue weighted by Crippen LogP contribution is 2.14. The van der Waals surface area contributed by atoms with Crippen molar-refractivity contribution in [2.75, 3.05) is 13.2 Å². The third-order valence-corrected chi connectivity index (χ3v) is 4.75. The number of unbranched alkanes of at least 4 members (excludes halogenated alkanes) is 12. The Labute approximate surface area is 154 Å². The Hall–Kier alpha value is -0.650. The van der Waals surface area contributed by atoms with Gasteiger partial charge in [0.05, 0.1) is 18.8 Å². The lowest BCUT2D eigenvalue weighted by molar-refractivity contribution is -0.125. The molecular weight excluding hydrogens is 318 g/mol. The standard InChI is InChI=1S/C20H41NO4/c1-2-3-4-5-6-7-8-9-10-11-12-13-14-15-19(24)18(16-22)21-20(25)17-23/h18-19,22-24H,2-17H2,1H3,(H,21,25)/t18-,19+/m0/s1. The smallest absolute Gasteiger partial charge is 0.246 e. The first kappa shape index (κ1) is 24.4. The summed E-state index contributed by atoms with van der Waals surface area (Å²) in [6.07, 6.45) is 16.4. The van der Waals surface area contributed by atoms with Crippen LogP contribution in [0.3, 0.4) is 0 Å². The minimum atomic E-state index is -0.756. The minimum Gasteiger partial charge on any atom is -0.394 e. The molecule has 0 saturated carbocycles. The van der Waals surface area contributed by atoms with Gasteiger partial charge in [0.1, 0.15) is 6.61 Å². The van der Waals surface area contributed by atoms with Crippen LogP contribution in [0.25, 0.3) is 0 Å². The average Bonchev–Trinajstić information content (AvgIpc) is 2.63. The first-order valence-electron chi connectivity index (χ1n) is 10.3. The zero-order chi connectivity index (χ0) is 18.8. The molecule has 0 unspecified atom stereocenters. The first-order chi connectivity index (χ1) is 12.2. The summed E-state index contributed by atoms with van der Waals surface area (Å²) in [6, 6.07) is -0.683. The fourth-order valence-corrected chi connectivity index (χ4v) is 3.09. The van der Waals surface area contributed by atoms with Gasteiger partial charge < -0.3 is 20.6 Å². The van der Waals surface area contributed by atoms with Crippen molar-refractivity contribution in [2.45, 2.75) is 109 Å². The van der Waals surface area contributed by atoms with Crippen LogP contribution in [-0.4, -0.2) is 46.6 Å². The molecule has 0 rings (SSSR count). The average molecular weight is 360 g/mol. The lowest BCUT2D eigenvalue weighted by atomic mass is 10.0. The molecule has 0 aliphatic heterocycles. The molecule has 0 fully saturated rings. The lowest BCUT2D eigenvalue weighted by Crippen LogP contribution is -2.46. The van der Waals surface area contributed by atoms with Gasteiger partial charge in [0.2, 0.25) is 5.91 Å². The Morgan fingerprint density at radius 2 is 1.24 bits per heavy atom. The molecule has 0 heterocycles. The number of aliphatic hydroxyl groups excluding tert-OH is 3. The summed E-state index contributed by atoms with van der Waals surface area (Å²) < 4.78 is 0. The maximum Gasteiger partial charge on any atom is 0.246 e. The van der Waals surface area contributed by atoms with E-state index < -0.39 is 24.7 Å². The van der Waals surface area contributed by atoms with Crippen molar-refractivity contribution in [1.29, 1.82) is 0 Å². The molecule has 0 aliphatic rings. The van der Waals surface area contributed by atoms with E-state index in [1.807, 2.05) is 0 Å². The third-order valence-electron chi connectivity index (χ3n) is 4.75. The second-order valence-electron chi connectivity index (χ2n) is 7.11. The normalized spacial score (nSPS) is 13.6. The van der Waals surface area contributed by atoms with E-state index in [2.05, 4.69) is 12.2 Å². The van der Waals surface area contributed by atoms with Crippen molar-refractivity contribution < 1.29 is 20.1 Å². The van der Waals surface area contributed by atoms with Gasteiger partial charge >= 0.3 is 0 Å². The molecule has 0 aliphatic carbocycles. The summed E-state index contributed by atoms with van der Waals surface area (Å²) in [5, 5.41) is 30.3. The van der Waals surface area contributed by atoms with E-state index in [1.54, 1.807) is 0 Å². The number of aliphatic hydroxyl groups is 3. The number of carbonyl (C=O) groups is 1. The highest BCUT2D eigenvalue weighted by atomic mass is 16.3. The molecule has 5 nitrogen and oxygen atoms in total. The van der Waals surface area contributed by atoms with Gasteiger partial charge in [-0.05, 0) is 6.42 Å². The van der Waals surface area contributed by atoms with E-state index in [4.69, 9.17) is 5.11 Å². The van der Waals surface area contributed by atoms with Crippen molar-refractivity contribution in [3.8, 4) is 0 Å². The minimum absolute atomic E-state index is 0.314. The molecule has 0 aromatic heterocycles. The van der Waals surface area contributed by atoms with Crippen LogP contribution < -0.4 is 5.32 Å². The van der Waals surface area contributed by atoms with Crippen LogP contribution in [-0.2, 0) is 4.79 Å². The van der Waals surface area contributed by atoms with Crippen molar-refractivity contribution in [1.82, 2.24) is 5.32 Å². The van der Waals surface area contributed by atoms with Gasteiger partial charge in [0.15, 0.2) is 0 Å². The van der Waals surface area contributed by atoms with Crippen molar-refractivity contribution in [3.63, 3.8) is 0 Å². The maximum absolute atomic E-state index is 11.1. The van der Waals surface area contributed by atoms with E-state index in [0.717, 1.165) is 12.8 Å². The molecule has 0 aromatic carbocycles. The van der Waals surface area contributed by atoms with Gasteiger partial charge in [-0.2, -0.15) is 0 Å². The number of rotatable bonds is 18. The van der Waals surface area contributed by atoms with E-state index >= 15 is 0 Å². The molecule has 0 spiro atoms. The third kappa shape index (κ3) is 15.3. The number of hydrogen-bond donors (Lipinski definition) is 4. The van der Waals surface area contributed by atoms with Gasteiger partial charge in [0, 0.05) is 0 Å². The highest BCUT2D eigenvalue weighted by Gasteiger charge is 2.19. The summed E-state index contributed by atoms with van der Waals surface area (Å²) in [6.45, 7) is 1.31. The Morgan fingerprint density at radius 3 is 1.64 bits per heavy atom. The lowest BCUT2D eigenvalue weighted by Gasteiger charge is -2.21. The zero-order valence-electron chi connectivity index (χ0n) is 16.2. The van der Waals surface area contributed by atoms with E-state index in [9.17, 15) is 15.0 Å². The zero-order valence-corrected chi connectivity index (χ0v) is 16.2. The number of carbonyl (C=O) groups excluding carboxylic acids is 1. The van der Waals surface area contributed by atoms with Crippen LogP contribution in [0.5, 0.6) is 0 Å². The molecule has 0 saturated heterocycles. The Balaban J connectivity index is 3.40. The van der Waals surface area contributed by atoms with Crippen LogP contribution in [0.1, 0.15) is 96.8 Å². The predicted octanol–water partition coefficient (Wildman–Crippen LogP) is 3.30. The monoisotopic (exact) mass is 359 g/mol.